The molecule has 5 heteroatoms. The molecule has 1 amide bonds. The summed E-state index contributed by atoms with van der Waals surface area (Å²) >= 11 is 3.57. The van der Waals surface area contributed by atoms with E-state index >= 15 is 0 Å². The summed E-state index contributed by atoms with van der Waals surface area (Å²) < 4.78 is 1.14. The molecule has 0 bridgehead atoms. The zero-order chi connectivity index (χ0) is 14.2. The first kappa shape index (κ1) is 17.5. The zero-order valence-electron chi connectivity index (χ0n) is 12.1. The van der Waals surface area contributed by atoms with Crippen LogP contribution >= 0.6 is 28.3 Å². The number of hydrogen-bond donors (Lipinski definition) is 1. The van der Waals surface area contributed by atoms with Crippen LogP contribution in [0.5, 0.6) is 0 Å². The molecule has 0 unspecified atom stereocenters. The van der Waals surface area contributed by atoms with E-state index in [4.69, 9.17) is 5.73 Å². The minimum absolute atomic E-state index is 0. The lowest BCUT2D eigenvalue weighted by Crippen LogP contribution is -2.51. The zero-order valence-corrected chi connectivity index (χ0v) is 14.6. The quantitative estimate of drug-likeness (QED) is 0.835. The molecule has 0 fully saturated rings. The molecule has 20 heavy (non-hydrogen) atoms. The van der Waals surface area contributed by atoms with Gasteiger partial charge in [0.25, 0.3) is 0 Å². The number of amides is 1. The second-order valence-corrected chi connectivity index (χ2v) is 7.09. The normalized spacial score (nSPS) is 16.1. The molecule has 1 atom stereocenters. The molecule has 3 nitrogen and oxygen atoms in total. The van der Waals surface area contributed by atoms with Crippen molar-refractivity contribution in [3.63, 3.8) is 0 Å². The number of carbonyl (C=O) groups is 1. The topological polar surface area (TPSA) is 46.3 Å². The monoisotopic (exact) mass is 360 g/mol. The molecule has 2 N–H and O–H groups in total. The minimum Gasteiger partial charge on any atom is -0.337 e. The van der Waals surface area contributed by atoms with E-state index in [1.807, 2.05) is 31.7 Å². The summed E-state index contributed by atoms with van der Waals surface area (Å²) in [6, 6.07) is 5.71. The Labute approximate surface area is 135 Å². The molecule has 1 aromatic rings. The number of nitrogens with zero attached hydrogens (tertiary/aromatic N) is 1. The highest BCUT2D eigenvalue weighted by Crippen LogP contribution is 2.28. The van der Waals surface area contributed by atoms with E-state index < -0.39 is 6.04 Å². The third kappa shape index (κ3) is 3.54. The largest absolute Gasteiger partial charge is 0.337 e. The first-order valence-corrected chi connectivity index (χ1v) is 7.40. The lowest BCUT2D eigenvalue weighted by Gasteiger charge is -2.35. The molecule has 2 rings (SSSR count). The molecular formula is C15H22BrClN2O. The summed E-state index contributed by atoms with van der Waals surface area (Å²) in [6.07, 6.45) is 0.888. The van der Waals surface area contributed by atoms with E-state index in [-0.39, 0.29) is 23.7 Å². The lowest BCUT2D eigenvalue weighted by atomic mass is 9.86. The average Bonchev–Trinajstić information content (AvgIpc) is 2.36. The summed E-state index contributed by atoms with van der Waals surface area (Å²) in [5.41, 5.74) is 8.41. The van der Waals surface area contributed by atoms with Crippen LogP contribution in [0.2, 0.25) is 0 Å². The maximum Gasteiger partial charge on any atom is 0.240 e. The van der Waals surface area contributed by atoms with Gasteiger partial charge in [-0.1, -0.05) is 48.8 Å². The molecule has 1 aliphatic rings. The Kier molecular flexibility index (Phi) is 5.64. The van der Waals surface area contributed by atoms with Crippen molar-refractivity contribution >= 4 is 34.2 Å². The summed E-state index contributed by atoms with van der Waals surface area (Å²) in [5.74, 6) is 0.0538. The molecule has 112 valence electrons. The molecule has 1 aliphatic heterocycles. The van der Waals surface area contributed by atoms with Crippen LogP contribution in [0.4, 0.5) is 0 Å². The van der Waals surface area contributed by atoms with Gasteiger partial charge < -0.3 is 10.6 Å². The smallest absolute Gasteiger partial charge is 0.240 e. The summed E-state index contributed by atoms with van der Waals surface area (Å²) in [4.78, 5) is 14.3. The fourth-order valence-corrected chi connectivity index (χ4v) is 2.92. The van der Waals surface area contributed by atoms with Crippen LogP contribution < -0.4 is 5.73 Å². The molecule has 0 aliphatic carbocycles. The molecule has 0 aromatic heterocycles. The molecule has 0 saturated heterocycles. The highest BCUT2D eigenvalue weighted by molar-refractivity contribution is 9.10. The van der Waals surface area contributed by atoms with Crippen LogP contribution in [0.15, 0.2) is 22.7 Å². The minimum atomic E-state index is -0.443. The van der Waals surface area contributed by atoms with Crippen LogP contribution in [-0.2, 0) is 17.8 Å². The Morgan fingerprint density at radius 3 is 2.65 bits per heavy atom. The van der Waals surface area contributed by atoms with Gasteiger partial charge in [-0.05, 0) is 29.0 Å². The summed E-state index contributed by atoms with van der Waals surface area (Å²) in [7, 11) is 0. The van der Waals surface area contributed by atoms with Gasteiger partial charge in [-0.25, -0.2) is 0 Å². The highest BCUT2D eigenvalue weighted by Gasteiger charge is 2.32. The molecule has 0 spiro atoms. The van der Waals surface area contributed by atoms with Crippen molar-refractivity contribution in [2.45, 2.75) is 39.8 Å². The Balaban J connectivity index is 0.00000200. The van der Waals surface area contributed by atoms with Crippen LogP contribution in [0, 0.1) is 5.41 Å². The van der Waals surface area contributed by atoms with E-state index in [1.54, 1.807) is 0 Å². The van der Waals surface area contributed by atoms with Crippen molar-refractivity contribution in [2.75, 3.05) is 6.54 Å². The number of hydrogen-bond acceptors (Lipinski definition) is 2. The van der Waals surface area contributed by atoms with E-state index in [9.17, 15) is 4.79 Å². The maximum atomic E-state index is 12.4. The highest BCUT2D eigenvalue weighted by atomic mass is 79.9. The molecule has 1 heterocycles. The fourth-order valence-electron chi connectivity index (χ4n) is 2.32. The van der Waals surface area contributed by atoms with E-state index in [0.29, 0.717) is 6.54 Å². The maximum absolute atomic E-state index is 12.4. The molecule has 0 radical (unpaired) electrons. The summed E-state index contributed by atoms with van der Waals surface area (Å²) in [5, 5.41) is 0. The van der Waals surface area contributed by atoms with Gasteiger partial charge in [0.2, 0.25) is 5.91 Å². The second kappa shape index (κ2) is 6.46. The SMILES string of the molecule is CC(C)(C)[C@H](N)C(=O)N1CCc2c(Br)cccc2C1.Cl. The average molecular weight is 362 g/mol. The number of fused-ring (bicyclic) bond motifs is 1. The van der Waals surface area contributed by atoms with Crippen molar-refractivity contribution in [1.82, 2.24) is 4.90 Å². The second-order valence-electron chi connectivity index (χ2n) is 6.23. The van der Waals surface area contributed by atoms with Gasteiger partial charge in [0.05, 0.1) is 6.04 Å². The van der Waals surface area contributed by atoms with Gasteiger partial charge in [-0.3, -0.25) is 4.79 Å². The first-order chi connectivity index (χ1) is 8.80. The van der Waals surface area contributed by atoms with Crippen molar-refractivity contribution in [1.29, 1.82) is 0 Å². The van der Waals surface area contributed by atoms with Crippen LogP contribution in [0.25, 0.3) is 0 Å². The van der Waals surface area contributed by atoms with Gasteiger partial charge in [0, 0.05) is 17.6 Å². The van der Waals surface area contributed by atoms with E-state index in [0.717, 1.165) is 17.4 Å². The van der Waals surface area contributed by atoms with Crippen LogP contribution in [-0.4, -0.2) is 23.4 Å². The Morgan fingerprint density at radius 1 is 1.40 bits per heavy atom. The number of halogens is 2. The first-order valence-electron chi connectivity index (χ1n) is 6.61. The lowest BCUT2D eigenvalue weighted by molar-refractivity contribution is -0.135. The number of rotatable bonds is 1. The van der Waals surface area contributed by atoms with Gasteiger partial charge in [-0.15, -0.1) is 12.4 Å². The Bertz CT molecular complexity index is 499. The number of nitrogens with two attached hydrogens (primary N) is 1. The predicted octanol–water partition coefficient (Wildman–Crippen LogP) is 3.13. The Morgan fingerprint density at radius 2 is 2.05 bits per heavy atom. The number of carbonyl (C=O) groups excluding carboxylic acids is 1. The third-order valence-corrected chi connectivity index (χ3v) is 4.46. The number of benzene rings is 1. The molecular weight excluding hydrogens is 340 g/mol. The predicted molar refractivity (Wildman–Crippen MR) is 87.9 cm³/mol. The third-order valence-electron chi connectivity index (χ3n) is 3.72. The van der Waals surface area contributed by atoms with E-state index in [2.05, 4.69) is 28.1 Å². The molecule has 0 saturated carbocycles. The van der Waals surface area contributed by atoms with Crippen molar-refractivity contribution < 1.29 is 4.79 Å². The van der Waals surface area contributed by atoms with Crippen molar-refractivity contribution in [3.05, 3.63) is 33.8 Å². The standard InChI is InChI=1S/C15H21BrN2O.ClH/c1-15(2,3)13(17)14(19)18-8-7-11-10(9-18)5-4-6-12(11)16;/h4-6,13H,7-9,17H2,1-3H3;1H/t13-;/m1./s1. The van der Waals surface area contributed by atoms with Gasteiger partial charge >= 0.3 is 0 Å². The van der Waals surface area contributed by atoms with Crippen molar-refractivity contribution in [3.8, 4) is 0 Å². The Hall–Kier alpha value is -0.580. The van der Waals surface area contributed by atoms with Gasteiger partial charge in [0.15, 0.2) is 0 Å². The van der Waals surface area contributed by atoms with Crippen molar-refractivity contribution in [2.24, 2.45) is 11.1 Å². The van der Waals surface area contributed by atoms with Gasteiger partial charge in [0.1, 0.15) is 0 Å². The van der Waals surface area contributed by atoms with Gasteiger partial charge in [-0.2, -0.15) is 0 Å². The van der Waals surface area contributed by atoms with E-state index in [1.165, 1.54) is 11.1 Å². The fraction of sp³-hybridized carbons (Fsp3) is 0.533. The molecule has 1 aromatic carbocycles. The van der Waals surface area contributed by atoms with Crippen LogP contribution in [0.1, 0.15) is 31.9 Å². The van der Waals surface area contributed by atoms with Crippen LogP contribution in [0.3, 0.4) is 0 Å². The summed E-state index contributed by atoms with van der Waals surface area (Å²) in [6.45, 7) is 7.42.